The Balaban J connectivity index is 1.70. The van der Waals surface area contributed by atoms with Gasteiger partial charge in [-0.1, -0.05) is 17.8 Å². The smallest absolute Gasteiger partial charge is 0.235 e. The number of hydrogen-bond acceptors (Lipinski definition) is 7. The van der Waals surface area contributed by atoms with Gasteiger partial charge in [0.05, 0.1) is 5.01 Å². The summed E-state index contributed by atoms with van der Waals surface area (Å²) in [7, 11) is 0. The summed E-state index contributed by atoms with van der Waals surface area (Å²) in [6.45, 7) is 0.629. The summed E-state index contributed by atoms with van der Waals surface area (Å²) < 4.78 is 1.89. The average Bonchev–Trinajstić information content (AvgIpc) is 3.03. The van der Waals surface area contributed by atoms with Crippen LogP contribution in [0.15, 0.2) is 5.38 Å². The van der Waals surface area contributed by atoms with Gasteiger partial charge in [0, 0.05) is 17.7 Å². The van der Waals surface area contributed by atoms with Crippen LogP contribution in [0.1, 0.15) is 36.0 Å². The van der Waals surface area contributed by atoms with Crippen molar-refractivity contribution in [1.29, 1.82) is 0 Å². The highest BCUT2D eigenvalue weighted by atomic mass is 32.1. The van der Waals surface area contributed by atoms with E-state index in [2.05, 4.69) is 20.3 Å². The standard InChI is InChI=1S/C12H14N6S2/c13-5-4-9-14-8(6-19-9)11-17-18-10(7-2-1-3-7)15-16-12(18)20-11/h6-7H,1-5,13H2. The molecule has 3 aromatic rings. The topological polar surface area (TPSA) is 82.0 Å². The van der Waals surface area contributed by atoms with Crippen LogP contribution in [0, 0.1) is 0 Å². The number of thiazole rings is 1. The summed E-state index contributed by atoms with van der Waals surface area (Å²) in [5.74, 6) is 1.54. The molecule has 0 aliphatic heterocycles. The van der Waals surface area contributed by atoms with Crippen LogP contribution in [0.3, 0.4) is 0 Å². The third-order valence-electron chi connectivity index (χ3n) is 3.61. The molecular formula is C12H14N6S2. The molecule has 8 heteroatoms. The first kappa shape index (κ1) is 12.4. The van der Waals surface area contributed by atoms with Crippen LogP contribution in [0.4, 0.5) is 0 Å². The fraction of sp³-hybridized carbons (Fsp3) is 0.500. The van der Waals surface area contributed by atoms with Crippen LogP contribution in [-0.4, -0.2) is 31.3 Å². The van der Waals surface area contributed by atoms with E-state index in [0.717, 1.165) is 32.9 Å². The first-order valence-corrected chi connectivity index (χ1v) is 8.42. The minimum Gasteiger partial charge on any atom is -0.330 e. The van der Waals surface area contributed by atoms with E-state index in [1.165, 1.54) is 19.3 Å². The quantitative estimate of drug-likeness (QED) is 0.798. The molecule has 3 heterocycles. The predicted octanol–water partition coefficient (Wildman–Crippen LogP) is 2.08. The molecule has 0 bridgehead atoms. The maximum absolute atomic E-state index is 5.56. The van der Waals surface area contributed by atoms with Crippen molar-refractivity contribution in [2.24, 2.45) is 5.73 Å². The summed E-state index contributed by atoms with van der Waals surface area (Å²) in [6.07, 6.45) is 4.50. The van der Waals surface area contributed by atoms with Crippen molar-refractivity contribution in [2.45, 2.75) is 31.6 Å². The van der Waals surface area contributed by atoms with Crippen molar-refractivity contribution in [3.8, 4) is 10.7 Å². The Labute approximate surface area is 123 Å². The van der Waals surface area contributed by atoms with Crippen LogP contribution < -0.4 is 5.73 Å². The molecule has 0 amide bonds. The van der Waals surface area contributed by atoms with E-state index in [-0.39, 0.29) is 0 Å². The minimum absolute atomic E-state index is 0.531. The molecule has 4 rings (SSSR count). The second-order valence-corrected chi connectivity index (χ2v) is 6.85. The van der Waals surface area contributed by atoms with Gasteiger partial charge in [0.1, 0.15) is 5.69 Å². The summed E-state index contributed by atoms with van der Waals surface area (Å²) in [4.78, 5) is 5.44. The Bertz CT molecular complexity index is 738. The number of fused-ring (bicyclic) bond motifs is 1. The van der Waals surface area contributed by atoms with E-state index in [9.17, 15) is 0 Å². The zero-order valence-corrected chi connectivity index (χ0v) is 12.5. The Kier molecular flexibility index (Phi) is 3.01. The van der Waals surface area contributed by atoms with Crippen molar-refractivity contribution >= 4 is 27.6 Å². The van der Waals surface area contributed by atoms with Crippen molar-refractivity contribution < 1.29 is 0 Å². The van der Waals surface area contributed by atoms with E-state index in [4.69, 9.17) is 5.73 Å². The van der Waals surface area contributed by atoms with Gasteiger partial charge in [0.25, 0.3) is 0 Å². The van der Waals surface area contributed by atoms with Gasteiger partial charge in [-0.2, -0.15) is 9.61 Å². The van der Waals surface area contributed by atoms with Gasteiger partial charge in [-0.3, -0.25) is 0 Å². The molecule has 3 aromatic heterocycles. The number of nitrogens with two attached hydrogens (primary N) is 1. The van der Waals surface area contributed by atoms with Crippen LogP contribution >= 0.6 is 22.7 Å². The van der Waals surface area contributed by atoms with Crippen LogP contribution in [0.5, 0.6) is 0 Å². The Hall–Kier alpha value is -1.38. The van der Waals surface area contributed by atoms with E-state index >= 15 is 0 Å². The lowest BCUT2D eigenvalue weighted by Gasteiger charge is -2.22. The van der Waals surface area contributed by atoms with Crippen molar-refractivity contribution in [1.82, 2.24) is 24.8 Å². The predicted molar refractivity (Wildman–Crippen MR) is 79.1 cm³/mol. The highest BCUT2D eigenvalue weighted by Gasteiger charge is 2.26. The van der Waals surface area contributed by atoms with Crippen LogP contribution in [0.2, 0.25) is 0 Å². The molecule has 0 saturated heterocycles. The zero-order chi connectivity index (χ0) is 13.5. The van der Waals surface area contributed by atoms with Gasteiger partial charge >= 0.3 is 0 Å². The normalized spacial score (nSPS) is 15.8. The maximum atomic E-state index is 5.56. The molecule has 6 nitrogen and oxygen atoms in total. The van der Waals surface area contributed by atoms with Crippen molar-refractivity contribution in [2.75, 3.05) is 6.54 Å². The minimum atomic E-state index is 0.531. The van der Waals surface area contributed by atoms with E-state index in [1.807, 2.05) is 9.90 Å². The number of nitrogens with zero attached hydrogens (tertiary/aromatic N) is 5. The Morgan fingerprint density at radius 1 is 1.35 bits per heavy atom. The summed E-state index contributed by atoms with van der Waals surface area (Å²) in [5, 5.41) is 17.2. The number of hydrogen-bond donors (Lipinski definition) is 1. The van der Waals surface area contributed by atoms with Gasteiger partial charge in [-0.15, -0.1) is 21.5 Å². The highest BCUT2D eigenvalue weighted by molar-refractivity contribution is 7.20. The Morgan fingerprint density at radius 2 is 2.25 bits per heavy atom. The fourth-order valence-electron chi connectivity index (χ4n) is 2.30. The molecule has 0 atom stereocenters. The molecule has 20 heavy (non-hydrogen) atoms. The van der Waals surface area contributed by atoms with Crippen LogP contribution in [-0.2, 0) is 6.42 Å². The molecule has 0 aromatic carbocycles. The van der Waals surface area contributed by atoms with Crippen molar-refractivity contribution in [3.63, 3.8) is 0 Å². The molecule has 1 saturated carbocycles. The summed E-state index contributed by atoms with van der Waals surface area (Å²) >= 11 is 3.18. The van der Waals surface area contributed by atoms with Gasteiger partial charge in [0.2, 0.25) is 4.96 Å². The van der Waals surface area contributed by atoms with E-state index in [1.54, 1.807) is 22.7 Å². The summed E-state index contributed by atoms with van der Waals surface area (Å²) in [5.41, 5.74) is 6.48. The highest BCUT2D eigenvalue weighted by Crippen LogP contribution is 2.36. The molecular weight excluding hydrogens is 292 g/mol. The lowest BCUT2D eigenvalue weighted by atomic mass is 9.85. The second-order valence-electron chi connectivity index (χ2n) is 4.95. The third-order valence-corrected chi connectivity index (χ3v) is 5.44. The summed E-state index contributed by atoms with van der Waals surface area (Å²) in [6, 6.07) is 0. The first-order valence-electron chi connectivity index (χ1n) is 6.72. The van der Waals surface area contributed by atoms with Gasteiger partial charge in [-0.05, 0) is 19.4 Å². The van der Waals surface area contributed by atoms with Crippen LogP contribution in [0.25, 0.3) is 15.7 Å². The molecule has 0 spiro atoms. The van der Waals surface area contributed by atoms with Gasteiger partial charge in [-0.25, -0.2) is 4.98 Å². The molecule has 2 N–H and O–H groups in total. The lowest BCUT2D eigenvalue weighted by Crippen LogP contribution is -2.13. The largest absolute Gasteiger partial charge is 0.330 e. The molecule has 0 unspecified atom stereocenters. The Morgan fingerprint density at radius 3 is 3.00 bits per heavy atom. The monoisotopic (exact) mass is 306 g/mol. The number of rotatable bonds is 4. The molecule has 1 aliphatic carbocycles. The van der Waals surface area contributed by atoms with Crippen molar-refractivity contribution in [3.05, 3.63) is 16.2 Å². The molecule has 104 valence electrons. The molecule has 0 radical (unpaired) electrons. The fourth-order valence-corrected chi connectivity index (χ4v) is 3.98. The maximum Gasteiger partial charge on any atom is 0.235 e. The third kappa shape index (κ3) is 1.95. The van der Waals surface area contributed by atoms with Gasteiger partial charge in [0.15, 0.2) is 10.8 Å². The molecule has 1 fully saturated rings. The van der Waals surface area contributed by atoms with Gasteiger partial charge < -0.3 is 5.73 Å². The second kappa shape index (κ2) is 4.87. The van der Waals surface area contributed by atoms with E-state index in [0.29, 0.717) is 12.5 Å². The SMILES string of the molecule is NCCc1nc(-c2nn3c(C4CCC4)nnc3s2)cs1. The molecule has 1 aliphatic rings. The van der Waals surface area contributed by atoms with E-state index < -0.39 is 0 Å². The lowest BCUT2D eigenvalue weighted by molar-refractivity contribution is 0.395. The number of aromatic nitrogens is 5. The average molecular weight is 306 g/mol. The first-order chi connectivity index (χ1) is 9.85. The zero-order valence-electron chi connectivity index (χ0n) is 10.8.